The number of alkyl halides is 1. The monoisotopic (exact) mass is 161 g/mol. The molecule has 2 heteroatoms. The lowest BCUT2D eigenvalue weighted by molar-refractivity contribution is 0.785. The van der Waals surface area contributed by atoms with Crippen LogP contribution in [0, 0.1) is 11.3 Å². The zero-order valence-corrected chi connectivity index (χ0v) is 6.12. The SMILES string of the molecule is CCC(C)(Br)C#N. The lowest BCUT2D eigenvalue weighted by atomic mass is 10.1. The normalized spacial score (nSPS) is 17.4. The smallest absolute Gasteiger partial charge is 0.109 e. The summed E-state index contributed by atoms with van der Waals surface area (Å²) in [5.74, 6) is 0. The van der Waals surface area contributed by atoms with Crippen molar-refractivity contribution in [3.8, 4) is 6.07 Å². The third-order valence-electron chi connectivity index (χ3n) is 0.897. The van der Waals surface area contributed by atoms with E-state index in [2.05, 4.69) is 22.0 Å². The molecule has 0 aliphatic rings. The Bertz CT molecular complexity index is 90.7. The van der Waals surface area contributed by atoms with Gasteiger partial charge in [0.05, 0.1) is 6.07 Å². The Morgan fingerprint density at radius 2 is 2.29 bits per heavy atom. The quantitative estimate of drug-likeness (QED) is 0.541. The van der Waals surface area contributed by atoms with E-state index >= 15 is 0 Å². The zero-order valence-electron chi connectivity index (χ0n) is 4.53. The molecule has 0 N–H and O–H groups in total. The fourth-order valence-corrected chi connectivity index (χ4v) is 0.0791. The summed E-state index contributed by atoms with van der Waals surface area (Å²) < 4.78 is -0.299. The van der Waals surface area contributed by atoms with E-state index in [4.69, 9.17) is 5.26 Å². The molecule has 0 aliphatic heterocycles. The largest absolute Gasteiger partial charge is 0.197 e. The Morgan fingerprint density at radius 3 is 2.29 bits per heavy atom. The summed E-state index contributed by atoms with van der Waals surface area (Å²) in [5.41, 5.74) is 0. The van der Waals surface area contributed by atoms with E-state index < -0.39 is 0 Å². The maximum absolute atomic E-state index is 8.30. The highest BCUT2D eigenvalue weighted by Gasteiger charge is 2.14. The first-order chi connectivity index (χ1) is 3.12. The van der Waals surface area contributed by atoms with Crippen molar-refractivity contribution in [1.29, 1.82) is 5.26 Å². The van der Waals surface area contributed by atoms with E-state index in [1.54, 1.807) is 0 Å². The molecule has 0 saturated heterocycles. The van der Waals surface area contributed by atoms with Crippen LogP contribution >= 0.6 is 15.9 Å². The van der Waals surface area contributed by atoms with Gasteiger partial charge in [0, 0.05) is 0 Å². The van der Waals surface area contributed by atoms with Crippen LogP contribution in [0.1, 0.15) is 20.3 Å². The van der Waals surface area contributed by atoms with Gasteiger partial charge in [-0.15, -0.1) is 0 Å². The molecule has 0 aromatic rings. The number of hydrogen-bond donors (Lipinski definition) is 0. The summed E-state index contributed by atoms with van der Waals surface area (Å²) in [6.07, 6.45) is 0.851. The molecule has 0 radical (unpaired) electrons. The summed E-state index contributed by atoms with van der Waals surface area (Å²) in [5, 5.41) is 8.30. The maximum atomic E-state index is 8.30. The van der Waals surface area contributed by atoms with Gasteiger partial charge in [-0.25, -0.2) is 0 Å². The van der Waals surface area contributed by atoms with Crippen LogP contribution in [0.25, 0.3) is 0 Å². The summed E-state index contributed by atoms with van der Waals surface area (Å²) in [6.45, 7) is 3.82. The van der Waals surface area contributed by atoms with Crippen molar-refractivity contribution in [3.63, 3.8) is 0 Å². The van der Waals surface area contributed by atoms with Crippen molar-refractivity contribution in [2.75, 3.05) is 0 Å². The Kier molecular flexibility index (Phi) is 2.31. The van der Waals surface area contributed by atoms with E-state index in [9.17, 15) is 0 Å². The van der Waals surface area contributed by atoms with Crippen LogP contribution in [-0.2, 0) is 0 Å². The molecule has 0 spiro atoms. The number of rotatable bonds is 1. The Morgan fingerprint density at radius 1 is 1.86 bits per heavy atom. The first kappa shape index (κ1) is 6.97. The van der Waals surface area contributed by atoms with Crippen LogP contribution in [0.3, 0.4) is 0 Å². The number of nitrogens with zero attached hydrogens (tertiary/aromatic N) is 1. The lowest BCUT2D eigenvalue weighted by Gasteiger charge is -2.05. The average Bonchev–Trinajstić information content (AvgIpc) is 1.68. The molecule has 0 bridgehead atoms. The number of halogens is 1. The van der Waals surface area contributed by atoms with Crippen molar-refractivity contribution < 1.29 is 0 Å². The fourth-order valence-electron chi connectivity index (χ4n) is 0.0791. The number of nitriles is 1. The summed E-state index contributed by atoms with van der Waals surface area (Å²) in [6, 6.07) is 2.11. The van der Waals surface area contributed by atoms with Crippen molar-refractivity contribution in [1.82, 2.24) is 0 Å². The van der Waals surface area contributed by atoms with Crippen LogP contribution in [0.5, 0.6) is 0 Å². The molecular formula is C5H8BrN. The molecule has 1 nitrogen and oxygen atoms in total. The van der Waals surface area contributed by atoms with Crippen LogP contribution < -0.4 is 0 Å². The number of hydrogen-bond acceptors (Lipinski definition) is 1. The Labute approximate surface area is 52.5 Å². The Hall–Kier alpha value is -0.0300. The minimum Gasteiger partial charge on any atom is -0.197 e. The van der Waals surface area contributed by atoms with Gasteiger partial charge in [0.15, 0.2) is 0 Å². The average molecular weight is 162 g/mol. The molecule has 1 atom stereocenters. The predicted octanol–water partition coefficient (Wildman–Crippen LogP) is 2.07. The second-order valence-electron chi connectivity index (χ2n) is 1.66. The van der Waals surface area contributed by atoms with Gasteiger partial charge in [-0.2, -0.15) is 5.26 Å². The second kappa shape index (κ2) is 2.32. The van der Waals surface area contributed by atoms with Crippen molar-refractivity contribution >= 4 is 15.9 Å². The van der Waals surface area contributed by atoms with Crippen LogP contribution in [-0.4, -0.2) is 4.32 Å². The molecule has 0 fully saturated rings. The highest BCUT2D eigenvalue weighted by Crippen LogP contribution is 2.18. The summed E-state index contributed by atoms with van der Waals surface area (Å²) in [7, 11) is 0. The van der Waals surface area contributed by atoms with Gasteiger partial charge < -0.3 is 0 Å². The van der Waals surface area contributed by atoms with Gasteiger partial charge >= 0.3 is 0 Å². The highest BCUT2D eigenvalue weighted by atomic mass is 79.9. The first-order valence-corrected chi connectivity index (χ1v) is 3.02. The minimum atomic E-state index is -0.299. The van der Waals surface area contributed by atoms with Crippen LogP contribution in [0.2, 0.25) is 0 Å². The van der Waals surface area contributed by atoms with Gasteiger partial charge in [-0.3, -0.25) is 0 Å². The van der Waals surface area contributed by atoms with E-state index in [0.717, 1.165) is 6.42 Å². The lowest BCUT2D eigenvalue weighted by Crippen LogP contribution is -2.08. The van der Waals surface area contributed by atoms with Gasteiger partial charge in [-0.05, 0) is 13.3 Å². The zero-order chi connectivity index (χ0) is 5.91. The van der Waals surface area contributed by atoms with E-state index in [0.29, 0.717) is 0 Å². The van der Waals surface area contributed by atoms with Gasteiger partial charge in [0.25, 0.3) is 0 Å². The van der Waals surface area contributed by atoms with Gasteiger partial charge in [-0.1, -0.05) is 22.9 Å². The van der Waals surface area contributed by atoms with E-state index in [1.807, 2.05) is 13.8 Å². The van der Waals surface area contributed by atoms with E-state index in [1.165, 1.54) is 0 Å². The Balaban J connectivity index is 3.66. The molecule has 0 saturated carbocycles. The molecule has 0 heterocycles. The molecule has 1 unspecified atom stereocenters. The first-order valence-electron chi connectivity index (χ1n) is 2.22. The predicted molar refractivity (Wildman–Crippen MR) is 33.2 cm³/mol. The van der Waals surface area contributed by atoms with Gasteiger partial charge in [0.2, 0.25) is 0 Å². The molecule has 0 rings (SSSR count). The molecular weight excluding hydrogens is 154 g/mol. The second-order valence-corrected chi connectivity index (χ2v) is 3.41. The van der Waals surface area contributed by atoms with Gasteiger partial charge in [0.1, 0.15) is 4.32 Å². The molecule has 7 heavy (non-hydrogen) atoms. The van der Waals surface area contributed by atoms with Crippen LogP contribution in [0.15, 0.2) is 0 Å². The standard InChI is InChI=1S/C5H8BrN/c1-3-5(2,6)4-7/h3H2,1-2H3. The highest BCUT2D eigenvalue weighted by molar-refractivity contribution is 9.10. The summed E-state index contributed by atoms with van der Waals surface area (Å²) in [4.78, 5) is 0. The van der Waals surface area contributed by atoms with Crippen molar-refractivity contribution in [2.45, 2.75) is 24.6 Å². The van der Waals surface area contributed by atoms with Crippen LogP contribution in [0.4, 0.5) is 0 Å². The van der Waals surface area contributed by atoms with E-state index in [-0.39, 0.29) is 4.32 Å². The third-order valence-corrected chi connectivity index (χ3v) is 1.64. The van der Waals surface area contributed by atoms with Crippen molar-refractivity contribution in [3.05, 3.63) is 0 Å². The molecule has 0 aromatic heterocycles. The summed E-state index contributed by atoms with van der Waals surface area (Å²) >= 11 is 3.22. The molecule has 0 aliphatic carbocycles. The van der Waals surface area contributed by atoms with Crippen molar-refractivity contribution in [2.24, 2.45) is 0 Å². The fraction of sp³-hybridized carbons (Fsp3) is 0.800. The third kappa shape index (κ3) is 2.64. The maximum Gasteiger partial charge on any atom is 0.109 e. The molecule has 0 aromatic carbocycles. The molecule has 40 valence electrons. The molecule has 0 amide bonds. The minimum absolute atomic E-state index is 0.299. The topological polar surface area (TPSA) is 23.8 Å².